The highest BCUT2D eigenvalue weighted by molar-refractivity contribution is 7.99. The Kier molecular flexibility index (Phi) is 4.49. The summed E-state index contributed by atoms with van der Waals surface area (Å²) < 4.78 is 6.01. The largest absolute Gasteiger partial charge is 0.507 e. The molecule has 0 atom stereocenters. The smallest absolute Gasteiger partial charge is 0.133 e. The van der Waals surface area contributed by atoms with E-state index in [1.165, 1.54) is 77.5 Å². The van der Waals surface area contributed by atoms with Crippen molar-refractivity contribution in [1.29, 1.82) is 0 Å². The summed E-state index contributed by atoms with van der Waals surface area (Å²) in [6, 6.07) is 15.5. The van der Waals surface area contributed by atoms with Gasteiger partial charge in [-0.3, -0.25) is 0 Å². The van der Waals surface area contributed by atoms with Gasteiger partial charge >= 0.3 is 0 Å². The minimum atomic E-state index is 0.0501. The van der Waals surface area contributed by atoms with E-state index < -0.39 is 0 Å². The monoisotopic (exact) mass is 416 g/mol. The molecule has 0 saturated heterocycles. The van der Waals surface area contributed by atoms with Crippen molar-refractivity contribution in [2.24, 2.45) is 0 Å². The van der Waals surface area contributed by atoms with Gasteiger partial charge in [-0.05, 0) is 65.1 Å². The summed E-state index contributed by atoms with van der Waals surface area (Å²) in [5.41, 5.74) is 5.61. The van der Waals surface area contributed by atoms with Gasteiger partial charge in [0.15, 0.2) is 0 Å². The van der Waals surface area contributed by atoms with Gasteiger partial charge in [0.05, 0.1) is 11.5 Å². The molecule has 0 aromatic heterocycles. The van der Waals surface area contributed by atoms with Crippen LogP contribution in [-0.4, -0.2) is 17.5 Å². The molecule has 3 aliphatic rings. The van der Waals surface area contributed by atoms with Crippen molar-refractivity contribution in [2.75, 3.05) is 12.4 Å². The summed E-state index contributed by atoms with van der Waals surface area (Å²) in [6.07, 6.45) is 9.96. The summed E-state index contributed by atoms with van der Waals surface area (Å²) in [6.45, 7) is 0.753. The lowest BCUT2D eigenvalue weighted by Crippen LogP contribution is -2.26. The fourth-order valence-corrected chi connectivity index (χ4v) is 6.98. The number of thioether (sulfide) groups is 1. The van der Waals surface area contributed by atoms with Crippen LogP contribution < -0.4 is 4.74 Å². The second kappa shape index (κ2) is 7.23. The number of fused-ring (bicyclic) bond motifs is 8. The molecule has 3 heteroatoms. The van der Waals surface area contributed by atoms with Gasteiger partial charge < -0.3 is 9.84 Å². The van der Waals surface area contributed by atoms with Gasteiger partial charge in [-0.25, -0.2) is 0 Å². The quantitative estimate of drug-likeness (QED) is 0.413. The van der Waals surface area contributed by atoms with Gasteiger partial charge in [0.1, 0.15) is 11.5 Å². The minimum Gasteiger partial charge on any atom is -0.507 e. The van der Waals surface area contributed by atoms with Crippen LogP contribution in [0.15, 0.2) is 47.4 Å². The normalized spacial score (nSPS) is 19.9. The van der Waals surface area contributed by atoms with Crippen LogP contribution in [0.25, 0.3) is 21.9 Å². The number of benzene rings is 3. The predicted molar refractivity (Wildman–Crippen MR) is 125 cm³/mol. The van der Waals surface area contributed by atoms with E-state index in [-0.39, 0.29) is 5.41 Å². The van der Waals surface area contributed by atoms with Gasteiger partial charge in [-0.1, -0.05) is 56.4 Å². The Balaban J connectivity index is 1.66. The van der Waals surface area contributed by atoms with Crippen molar-refractivity contribution in [2.45, 2.75) is 61.7 Å². The maximum absolute atomic E-state index is 11.2. The minimum absolute atomic E-state index is 0.0501. The summed E-state index contributed by atoms with van der Waals surface area (Å²) in [5, 5.41) is 13.3. The molecule has 1 spiro atoms. The number of aromatic hydroxyl groups is 1. The maximum atomic E-state index is 11.2. The lowest BCUT2D eigenvalue weighted by Gasteiger charge is -2.34. The summed E-state index contributed by atoms with van der Waals surface area (Å²) in [5.74, 6) is 2.41. The molecule has 6 rings (SSSR count). The van der Waals surface area contributed by atoms with Crippen LogP contribution in [0.4, 0.5) is 0 Å². The second-order valence-corrected chi connectivity index (χ2v) is 10.2. The van der Waals surface area contributed by atoms with Crippen LogP contribution in [-0.2, 0) is 5.41 Å². The van der Waals surface area contributed by atoms with Crippen molar-refractivity contribution in [3.8, 4) is 22.6 Å². The first-order chi connectivity index (χ1) is 14.8. The maximum Gasteiger partial charge on any atom is 0.133 e. The van der Waals surface area contributed by atoms with Crippen LogP contribution in [0.2, 0.25) is 0 Å². The SMILES string of the molecule is Oc1cc2c(c3cc4c(cc13)OCCCS4)-c1ccccc1C21CCCCCCC1. The highest BCUT2D eigenvalue weighted by atomic mass is 32.2. The predicted octanol–water partition coefficient (Wildman–Crippen LogP) is 7.43. The zero-order chi connectivity index (χ0) is 20.1. The third-order valence-corrected chi connectivity index (χ3v) is 8.54. The molecule has 1 aliphatic heterocycles. The van der Waals surface area contributed by atoms with E-state index in [0.717, 1.165) is 29.9 Å². The molecule has 0 amide bonds. The fourth-order valence-electron chi connectivity index (χ4n) is 6.04. The Morgan fingerprint density at radius 1 is 0.833 bits per heavy atom. The van der Waals surface area contributed by atoms with E-state index in [1.807, 2.05) is 11.8 Å². The Hall–Kier alpha value is -2.13. The summed E-state index contributed by atoms with van der Waals surface area (Å²) >= 11 is 1.88. The first-order valence-corrected chi connectivity index (χ1v) is 12.5. The molecule has 0 unspecified atom stereocenters. The highest BCUT2D eigenvalue weighted by Crippen LogP contribution is 2.58. The summed E-state index contributed by atoms with van der Waals surface area (Å²) in [7, 11) is 0. The average molecular weight is 417 g/mol. The van der Waals surface area contributed by atoms with Gasteiger partial charge in [0.25, 0.3) is 0 Å². The molecule has 1 N–H and O–H groups in total. The summed E-state index contributed by atoms with van der Waals surface area (Å²) in [4.78, 5) is 1.21. The first-order valence-electron chi connectivity index (χ1n) is 11.5. The fraction of sp³-hybridized carbons (Fsp3) is 0.407. The zero-order valence-corrected chi connectivity index (χ0v) is 18.2. The Bertz CT molecular complexity index is 1130. The number of ether oxygens (including phenoxy) is 1. The third kappa shape index (κ3) is 2.71. The molecule has 3 aromatic rings. The van der Waals surface area contributed by atoms with E-state index in [9.17, 15) is 5.11 Å². The molecular weight excluding hydrogens is 388 g/mol. The molecule has 1 heterocycles. The van der Waals surface area contributed by atoms with Crippen molar-refractivity contribution in [3.05, 3.63) is 53.6 Å². The molecule has 1 fully saturated rings. The van der Waals surface area contributed by atoms with Crippen molar-refractivity contribution < 1.29 is 9.84 Å². The van der Waals surface area contributed by atoms with Crippen LogP contribution in [0, 0.1) is 0 Å². The Morgan fingerprint density at radius 2 is 1.63 bits per heavy atom. The van der Waals surface area contributed by atoms with Gasteiger partial charge in [0.2, 0.25) is 0 Å². The standard InChI is InChI=1S/C27H28O2S/c28-23-17-22-26(20-16-25-24(15-19(20)23)29-13-8-14-30-25)18-9-4-5-10-21(18)27(22)11-6-2-1-3-7-12-27/h4-5,9-10,15-17,28H,1-3,6-8,11-14H2. The number of rotatable bonds is 0. The average Bonchev–Trinajstić information content (AvgIpc) is 2.86. The van der Waals surface area contributed by atoms with E-state index in [1.54, 1.807) is 0 Å². The molecule has 3 aromatic carbocycles. The zero-order valence-electron chi connectivity index (χ0n) is 17.4. The van der Waals surface area contributed by atoms with Crippen molar-refractivity contribution >= 4 is 22.5 Å². The topological polar surface area (TPSA) is 29.5 Å². The van der Waals surface area contributed by atoms with Gasteiger partial charge in [0, 0.05) is 16.6 Å². The number of phenols is 1. The van der Waals surface area contributed by atoms with Crippen molar-refractivity contribution in [1.82, 2.24) is 0 Å². The lowest BCUT2D eigenvalue weighted by atomic mass is 9.69. The third-order valence-electron chi connectivity index (χ3n) is 7.42. The molecule has 154 valence electrons. The van der Waals surface area contributed by atoms with Gasteiger partial charge in [-0.15, -0.1) is 11.8 Å². The van der Waals surface area contributed by atoms with E-state index in [2.05, 4.69) is 42.5 Å². The van der Waals surface area contributed by atoms with Crippen LogP contribution >= 0.6 is 11.8 Å². The second-order valence-electron chi connectivity index (χ2n) is 9.11. The number of hydrogen-bond acceptors (Lipinski definition) is 3. The first kappa shape index (κ1) is 18.6. The van der Waals surface area contributed by atoms with Crippen LogP contribution in [0.1, 0.15) is 62.5 Å². The molecule has 1 saturated carbocycles. The molecular formula is C27H28O2S. The molecule has 2 aliphatic carbocycles. The number of hydrogen-bond donors (Lipinski definition) is 1. The van der Waals surface area contributed by atoms with Crippen LogP contribution in [0.5, 0.6) is 11.5 Å². The Labute approximate surface area is 182 Å². The number of phenolic OH excluding ortho intramolecular Hbond substituents is 1. The van der Waals surface area contributed by atoms with E-state index in [4.69, 9.17) is 4.74 Å². The highest BCUT2D eigenvalue weighted by Gasteiger charge is 2.43. The van der Waals surface area contributed by atoms with E-state index >= 15 is 0 Å². The molecule has 2 nitrogen and oxygen atoms in total. The molecule has 0 radical (unpaired) electrons. The van der Waals surface area contributed by atoms with Gasteiger partial charge in [-0.2, -0.15) is 0 Å². The van der Waals surface area contributed by atoms with Crippen LogP contribution in [0.3, 0.4) is 0 Å². The lowest BCUT2D eigenvalue weighted by molar-refractivity contribution is 0.315. The molecule has 30 heavy (non-hydrogen) atoms. The van der Waals surface area contributed by atoms with Crippen molar-refractivity contribution in [3.63, 3.8) is 0 Å². The van der Waals surface area contributed by atoms with E-state index in [0.29, 0.717) is 5.75 Å². The Morgan fingerprint density at radius 3 is 2.50 bits per heavy atom. The molecule has 0 bridgehead atoms.